The Hall–Kier alpha value is -2.09. The lowest BCUT2D eigenvalue weighted by molar-refractivity contribution is 1.39. The number of benzene rings is 2. The summed E-state index contributed by atoms with van der Waals surface area (Å²) >= 11 is 6.09. The van der Waals surface area contributed by atoms with Crippen molar-refractivity contribution in [3.05, 3.63) is 96.1 Å². The van der Waals surface area contributed by atoms with E-state index in [4.69, 9.17) is 11.1 Å². The highest BCUT2D eigenvalue weighted by molar-refractivity contribution is 6.95. The molecule has 0 saturated carbocycles. The topological polar surface area (TPSA) is 0 Å². The first-order valence-corrected chi connectivity index (χ1v) is 9.51. The standard InChI is InChI=1S/C21H19ClSi/c1-3-17-5-9-19(10-6-17)13-15-21(23-22)16-14-20-11-7-18(4-2)8-12-20/h3-16,21H,1-2H2. The Balaban J connectivity index is 2.02. The van der Waals surface area contributed by atoms with Gasteiger partial charge in [0.1, 0.15) is 0 Å². The molecule has 0 aromatic heterocycles. The van der Waals surface area contributed by atoms with Gasteiger partial charge in [-0.25, -0.2) is 0 Å². The van der Waals surface area contributed by atoms with Crippen LogP contribution in [-0.4, -0.2) is 8.83 Å². The predicted octanol–water partition coefficient (Wildman–Crippen LogP) is 6.35. The minimum absolute atomic E-state index is 0.231. The van der Waals surface area contributed by atoms with Crippen molar-refractivity contribution in [2.75, 3.05) is 0 Å². The molecule has 0 nitrogen and oxygen atoms in total. The molecule has 2 radical (unpaired) electrons. The summed E-state index contributed by atoms with van der Waals surface area (Å²) in [7, 11) is 0.314. The van der Waals surface area contributed by atoms with Crippen LogP contribution < -0.4 is 0 Å². The molecular weight excluding hydrogens is 316 g/mol. The van der Waals surface area contributed by atoms with E-state index in [1.807, 2.05) is 12.2 Å². The van der Waals surface area contributed by atoms with Crippen LogP contribution in [0.25, 0.3) is 24.3 Å². The van der Waals surface area contributed by atoms with Gasteiger partial charge in [-0.1, -0.05) is 98.1 Å². The quantitative estimate of drug-likeness (QED) is 0.409. The zero-order chi connectivity index (χ0) is 16.5. The molecule has 2 aromatic carbocycles. The molecule has 2 rings (SSSR count). The summed E-state index contributed by atoms with van der Waals surface area (Å²) in [5.41, 5.74) is 4.81. The van der Waals surface area contributed by atoms with Crippen LogP contribution in [-0.2, 0) is 0 Å². The molecular formula is C21H19ClSi. The largest absolute Gasteiger partial charge is 0.183 e. The van der Waals surface area contributed by atoms with Crippen molar-refractivity contribution in [2.24, 2.45) is 0 Å². The van der Waals surface area contributed by atoms with Crippen molar-refractivity contribution in [3.8, 4) is 0 Å². The number of hydrogen-bond acceptors (Lipinski definition) is 0. The highest BCUT2D eigenvalue weighted by Crippen LogP contribution is 2.16. The van der Waals surface area contributed by atoms with Gasteiger partial charge < -0.3 is 0 Å². The second-order valence-electron chi connectivity index (χ2n) is 5.09. The van der Waals surface area contributed by atoms with Gasteiger partial charge >= 0.3 is 0 Å². The Bertz CT molecular complexity index is 632. The Morgan fingerprint density at radius 1 is 0.696 bits per heavy atom. The molecule has 2 aromatic rings. The molecule has 0 aliphatic heterocycles. The lowest BCUT2D eigenvalue weighted by Crippen LogP contribution is -1.89. The van der Waals surface area contributed by atoms with Crippen molar-refractivity contribution in [3.63, 3.8) is 0 Å². The van der Waals surface area contributed by atoms with Crippen molar-refractivity contribution in [1.82, 2.24) is 0 Å². The smallest absolute Gasteiger partial charge is 0.170 e. The van der Waals surface area contributed by atoms with Crippen LogP contribution in [0.2, 0.25) is 5.54 Å². The van der Waals surface area contributed by atoms with E-state index in [1.54, 1.807) is 0 Å². The van der Waals surface area contributed by atoms with Crippen LogP contribution in [0.15, 0.2) is 73.8 Å². The Kier molecular flexibility index (Phi) is 6.86. The number of halogens is 1. The molecule has 0 N–H and O–H groups in total. The van der Waals surface area contributed by atoms with Crippen LogP contribution in [0.4, 0.5) is 0 Å². The van der Waals surface area contributed by atoms with Gasteiger partial charge in [0.05, 0.1) is 0 Å². The second-order valence-corrected chi connectivity index (χ2v) is 6.63. The summed E-state index contributed by atoms with van der Waals surface area (Å²) in [5, 5.41) is 0. The van der Waals surface area contributed by atoms with Crippen molar-refractivity contribution < 1.29 is 0 Å². The van der Waals surface area contributed by atoms with Crippen molar-refractivity contribution >= 4 is 44.2 Å². The van der Waals surface area contributed by atoms with Crippen LogP contribution in [0.5, 0.6) is 0 Å². The predicted molar refractivity (Wildman–Crippen MR) is 106 cm³/mol. The van der Waals surface area contributed by atoms with E-state index < -0.39 is 0 Å². The maximum Gasteiger partial charge on any atom is 0.183 e. The maximum absolute atomic E-state index is 6.09. The summed E-state index contributed by atoms with van der Waals surface area (Å²) in [6, 6.07) is 16.6. The monoisotopic (exact) mass is 334 g/mol. The zero-order valence-electron chi connectivity index (χ0n) is 13.0. The number of hydrogen-bond donors (Lipinski definition) is 0. The molecule has 0 saturated heterocycles. The normalized spacial score (nSPS) is 12.6. The van der Waals surface area contributed by atoms with E-state index in [0.717, 1.165) is 11.1 Å². The fraction of sp³-hybridized carbons (Fsp3) is 0.0476. The first-order chi connectivity index (χ1) is 11.2. The summed E-state index contributed by atoms with van der Waals surface area (Å²) in [6.07, 6.45) is 12.2. The molecule has 0 atom stereocenters. The highest BCUT2D eigenvalue weighted by Gasteiger charge is 2.00. The third kappa shape index (κ3) is 5.55. The highest BCUT2D eigenvalue weighted by atomic mass is 35.6. The summed E-state index contributed by atoms with van der Waals surface area (Å²) in [6.45, 7) is 7.53. The van der Waals surface area contributed by atoms with E-state index in [9.17, 15) is 0 Å². The van der Waals surface area contributed by atoms with Gasteiger partial charge in [-0.2, -0.15) is 11.1 Å². The van der Waals surface area contributed by atoms with Crippen LogP contribution in [0.3, 0.4) is 0 Å². The van der Waals surface area contributed by atoms with Gasteiger partial charge in [0.2, 0.25) is 0 Å². The van der Waals surface area contributed by atoms with Gasteiger partial charge in [0.15, 0.2) is 8.83 Å². The minimum atomic E-state index is 0.231. The van der Waals surface area contributed by atoms with Crippen LogP contribution in [0.1, 0.15) is 22.3 Å². The Morgan fingerprint density at radius 3 is 1.35 bits per heavy atom. The van der Waals surface area contributed by atoms with Crippen LogP contribution in [0, 0.1) is 0 Å². The van der Waals surface area contributed by atoms with E-state index >= 15 is 0 Å². The van der Waals surface area contributed by atoms with E-state index in [2.05, 4.69) is 86.0 Å². The lowest BCUT2D eigenvalue weighted by Gasteiger charge is -2.02. The van der Waals surface area contributed by atoms with Gasteiger partial charge in [-0.3, -0.25) is 0 Å². The minimum Gasteiger partial charge on any atom is -0.170 e. The van der Waals surface area contributed by atoms with Gasteiger partial charge in [-0.15, -0.1) is 0 Å². The third-order valence-electron chi connectivity index (χ3n) is 3.46. The van der Waals surface area contributed by atoms with E-state index in [0.29, 0.717) is 8.83 Å². The number of rotatable bonds is 7. The van der Waals surface area contributed by atoms with Crippen molar-refractivity contribution in [1.29, 1.82) is 0 Å². The summed E-state index contributed by atoms with van der Waals surface area (Å²) in [5.74, 6) is 0. The van der Waals surface area contributed by atoms with E-state index in [-0.39, 0.29) is 5.54 Å². The first kappa shape index (κ1) is 17.3. The Labute approximate surface area is 146 Å². The second kappa shape index (κ2) is 9.14. The molecule has 0 fully saturated rings. The summed E-state index contributed by atoms with van der Waals surface area (Å²) < 4.78 is 0. The van der Waals surface area contributed by atoms with Gasteiger partial charge in [-0.05, 0) is 22.3 Å². The molecule has 0 aliphatic rings. The Morgan fingerprint density at radius 2 is 1.04 bits per heavy atom. The molecule has 114 valence electrons. The average Bonchev–Trinajstić information content (AvgIpc) is 2.62. The van der Waals surface area contributed by atoms with E-state index in [1.165, 1.54) is 11.1 Å². The molecule has 0 unspecified atom stereocenters. The summed E-state index contributed by atoms with van der Waals surface area (Å²) in [4.78, 5) is 0. The molecule has 0 bridgehead atoms. The third-order valence-corrected chi connectivity index (χ3v) is 4.86. The number of allylic oxidation sites excluding steroid dienone is 2. The first-order valence-electron chi connectivity index (χ1n) is 7.42. The molecule has 23 heavy (non-hydrogen) atoms. The molecule has 0 amide bonds. The van der Waals surface area contributed by atoms with Crippen molar-refractivity contribution in [2.45, 2.75) is 5.54 Å². The zero-order valence-corrected chi connectivity index (χ0v) is 14.7. The fourth-order valence-corrected chi connectivity index (χ4v) is 2.83. The van der Waals surface area contributed by atoms with Gasteiger partial charge in [0, 0.05) is 5.54 Å². The fourth-order valence-electron chi connectivity index (χ4n) is 2.05. The maximum atomic E-state index is 6.09. The average molecular weight is 335 g/mol. The molecule has 2 heteroatoms. The van der Waals surface area contributed by atoms with Gasteiger partial charge in [0.25, 0.3) is 0 Å². The lowest BCUT2D eigenvalue weighted by atomic mass is 10.1. The SMILES string of the molecule is C=Cc1ccc(C=CC(C=Cc2ccc(C=C)cc2)[Si]Cl)cc1. The molecule has 0 spiro atoms. The molecule has 0 aliphatic carbocycles. The molecule has 0 heterocycles. The van der Waals surface area contributed by atoms with Crippen LogP contribution >= 0.6 is 11.1 Å².